The minimum atomic E-state index is -0.0756. The van der Waals surface area contributed by atoms with Gasteiger partial charge in [0.25, 0.3) is 5.91 Å². The molecule has 8 nitrogen and oxygen atoms in total. The Bertz CT molecular complexity index is 1150. The number of hydrogen-bond acceptors (Lipinski definition) is 7. The average Bonchev–Trinajstić information content (AvgIpc) is 3.32. The minimum Gasteiger partial charge on any atom is -0.367 e. The first-order chi connectivity index (χ1) is 17.1. The maximum atomic E-state index is 13.3. The number of nitrogens with zero attached hydrogens (tertiary/aromatic N) is 5. The van der Waals surface area contributed by atoms with Gasteiger partial charge in [0.2, 0.25) is 0 Å². The lowest BCUT2D eigenvalue weighted by Crippen LogP contribution is -2.44. The van der Waals surface area contributed by atoms with Crippen LogP contribution in [0.1, 0.15) is 9.67 Å². The maximum absolute atomic E-state index is 13.3. The number of likely N-dealkylation sites (N-methyl/N-ethyl adjacent to an activating group) is 2. The number of piperazine rings is 2. The summed E-state index contributed by atoms with van der Waals surface area (Å²) in [6, 6.07) is 10.1. The Hall–Kier alpha value is -3.01. The summed E-state index contributed by atoms with van der Waals surface area (Å²) in [7, 11) is 4.20. The summed E-state index contributed by atoms with van der Waals surface area (Å²) in [6.07, 6.45) is 6.29. The van der Waals surface area contributed by atoms with Gasteiger partial charge in [-0.05, 0) is 31.3 Å². The molecule has 35 heavy (non-hydrogen) atoms. The topological polar surface area (TPSA) is 66.8 Å². The Morgan fingerprint density at radius 2 is 1.86 bits per heavy atom. The highest BCUT2D eigenvalue weighted by Gasteiger charge is 2.22. The third-order valence-corrected chi connectivity index (χ3v) is 7.80. The molecular formula is C26H34N7OS+. The number of rotatable bonds is 5. The summed E-state index contributed by atoms with van der Waals surface area (Å²) in [5.74, 6) is 0.929. The number of aromatic nitrogens is 1. The van der Waals surface area contributed by atoms with Crippen molar-refractivity contribution < 1.29 is 9.37 Å². The van der Waals surface area contributed by atoms with Crippen molar-refractivity contribution >= 4 is 29.3 Å². The summed E-state index contributed by atoms with van der Waals surface area (Å²) >= 11 is 1.49. The molecule has 0 saturated carbocycles. The molecule has 0 unspecified atom stereocenters. The van der Waals surface area contributed by atoms with Gasteiger partial charge in [0, 0.05) is 64.5 Å². The highest BCUT2D eigenvalue weighted by molar-refractivity contribution is 7.17. The normalized spacial score (nSPS) is 19.5. The molecule has 0 spiro atoms. The van der Waals surface area contributed by atoms with E-state index in [0.717, 1.165) is 86.7 Å². The van der Waals surface area contributed by atoms with Gasteiger partial charge in [-0.15, -0.1) is 11.3 Å². The molecule has 1 amide bonds. The number of carbonyl (C=O) groups excluding carboxylic acids is 1. The van der Waals surface area contributed by atoms with Crippen LogP contribution in [0.3, 0.4) is 0 Å². The van der Waals surface area contributed by atoms with Crippen LogP contribution < -0.4 is 15.5 Å². The lowest BCUT2D eigenvalue weighted by molar-refractivity contribution is -0.480. The van der Waals surface area contributed by atoms with E-state index in [1.54, 1.807) is 0 Å². The molecule has 0 atom stereocenters. The number of anilines is 1. The van der Waals surface area contributed by atoms with Crippen LogP contribution in [0.5, 0.6) is 0 Å². The van der Waals surface area contributed by atoms with E-state index in [-0.39, 0.29) is 5.91 Å². The Labute approximate surface area is 211 Å². The Balaban J connectivity index is 1.31. The molecule has 184 valence electrons. The van der Waals surface area contributed by atoms with Crippen molar-refractivity contribution in [2.75, 3.05) is 77.9 Å². The summed E-state index contributed by atoms with van der Waals surface area (Å²) < 4.78 is 2.11. The molecule has 3 aliphatic heterocycles. The van der Waals surface area contributed by atoms with Crippen molar-refractivity contribution in [1.29, 1.82) is 0 Å². The number of amides is 1. The molecule has 5 heterocycles. The molecular weight excluding hydrogens is 458 g/mol. The molecule has 2 aromatic rings. The predicted molar refractivity (Wildman–Crippen MR) is 142 cm³/mol. The van der Waals surface area contributed by atoms with Crippen LogP contribution in [0.25, 0.3) is 10.6 Å². The summed E-state index contributed by atoms with van der Waals surface area (Å²) in [6.45, 7) is 8.55. The smallest absolute Gasteiger partial charge is 0.265 e. The van der Waals surface area contributed by atoms with Crippen LogP contribution in [0.15, 0.2) is 53.9 Å². The van der Waals surface area contributed by atoms with Crippen LogP contribution >= 0.6 is 11.3 Å². The van der Waals surface area contributed by atoms with Crippen molar-refractivity contribution in [2.24, 2.45) is 0 Å². The van der Waals surface area contributed by atoms with E-state index < -0.39 is 0 Å². The molecule has 3 aliphatic rings. The van der Waals surface area contributed by atoms with Crippen LogP contribution in [0.4, 0.5) is 5.82 Å². The fraction of sp³-hybridized carbons (Fsp3) is 0.423. The first-order valence-electron chi connectivity index (χ1n) is 12.3. The zero-order valence-corrected chi connectivity index (χ0v) is 21.4. The minimum absolute atomic E-state index is 0.0756. The number of thiophene rings is 1. The highest BCUT2D eigenvalue weighted by Crippen LogP contribution is 2.29. The van der Waals surface area contributed by atoms with Gasteiger partial charge in [-0.1, -0.05) is 6.07 Å². The second-order valence-electron chi connectivity index (χ2n) is 9.28. The van der Waals surface area contributed by atoms with E-state index in [4.69, 9.17) is 4.98 Å². The molecule has 0 aromatic carbocycles. The second-order valence-corrected chi connectivity index (χ2v) is 10.4. The van der Waals surface area contributed by atoms with E-state index in [0.29, 0.717) is 4.88 Å². The van der Waals surface area contributed by atoms with E-state index in [1.807, 2.05) is 25.2 Å². The average molecular weight is 493 g/mol. The number of pyridine rings is 1. The van der Waals surface area contributed by atoms with Gasteiger partial charge in [0.05, 0.1) is 26.8 Å². The number of nitrogens with one attached hydrogen (secondary N) is 2. The van der Waals surface area contributed by atoms with Crippen LogP contribution in [-0.2, 0) is 0 Å². The molecule has 0 radical (unpaired) electrons. The van der Waals surface area contributed by atoms with Crippen molar-refractivity contribution in [2.45, 2.75) is 0 Å². The first-order valence-corrected chi connectivity index (χ1v) is 13.1. The third kappa shape index (κ3) is 5.63. The fourth-order valence-corrected chi connectivity index (χ4v) is 5.41. The molecule has 2 aromatic heterocycles. The molecule has 0 aliphatic carbocycles. The van der Waals surface area contributed by atoms with E-state index in [9.17, 15) is 4.79 Å². The van der Waals surface area contributed by atoms with Crippen molar-refractivity contribution in [3.05, 3.63) is 58.8 Å². The van der Waals surface area contributed by atoms with Gasteiger partial charge in [0.1, 0.15) is 12.9 Å². The SMILES string of the molecule is CN1CCN(c2cccc(-c3ccc(C(=O)NC4=CC[N+](C)=CC=C4N4CCNCC4)s3)n2)CC1. The summed E-state index contributed by atoms with van der Waals surface area (Å²) in [4.78, 5) is 26.9. The third-order valence-electron chi connectivity index (χ3n) is 6.70. The summed E-state index contributed by atoms with van der Waals surface area (Å²) in [5, 5.41) is 6.60. The molecule has 2 saturated heterocycles. The molecule has 9 heteroatoms. The predicted octanol–water partition coefficient (Wildman–Crippen LogP) is 1.69. The monoisotopic (exact) mass is 492 g/mol. The zero-order valence-electron chi connectivity index (χ0n) is 20.5. The Kier molecular flexibility index (Phi) is 7.26. The fourth-order valence-electron chi connectivity index (χ4n) is 4.54. The Morgan fingerprint density at radius 3 is 2.66 bits per heavy atom. The van der Waals surface area contributed by atoms with E-state index >= 15 is 0 Å². The van der Waals surface area contributed by atoms with Gasteiger partial charge in [0.15, 0.2) is 12.8 Å². The standard InChI is InChI=1S/C26H33N7OS/c1-30-12-8-20(22(9-13-30)32-14-10-27-11-15-32)29-26(34)24-7-6-23(35-24)21-4-3-5-25(28-21)33-18-16-31(2)17-19-33/h3-9,13,27H,10-12,14-19H2,1-2H3/p+1. The van der Waals surface area contributed by atoms with Crippen molar-refractivity contribution in [3.63, 3.8) is 0 Å². The molecule has 0 bridgehead atoms. The molecule has 2 N–H and O–H groups in total. The van der Waals surface area contributed by atoms with Gasteiger partial charge >= 0.3 is 0 Å². The molecule has 5 rings (SSSR count). The number of hydrogen-bond donors (Lipinski definition) is 2. The van der Waals surface area contributed by atoms with Crippen molar-refractivity contribution in [1.82, 2.24) is 25.4 Å². The lowest BCUT2D eigenvalue weighted by atomic mass is 10.2. The van der Waals surface area contributed by atoms with Crippen LogP contribution in [0, 0.1) is 0 Å². The first kappa shape index (κ1) is 23.7. The number of allylic oxidation sites excluding steroid dienone is 1. The van der Waals surface area contributed by atoms with Gasteiger partial charge in [-0.3, -0.25) is 4.79 Å². The van der Waals surface area contributed by atoms with Crippen molar-refractivity contribution in [3.8, 4) is 10.6 Å². The zero-order chi connectivity index (χ0) is 24.2. The van der Waals surface area contributed by atoms with Gasteiger partial charge < -0.3 is 25.3 Å². The number of carbonyl (C=O) groups is 1. The lowest BCUT2D eigenvalue weighted by Gasteiger charge is -2.33. The van der Waals surface area contributed by atoms with Gasteiger partial charge in [-0.25, -0.2) is 9.56 Å². The maximum Gasteiger partial charge on any atom is 0.265 e. The molecule has 2 fully saturated rings. The summed E-state index contributed by atoms with van der Waals surface area (Å²) in [5.41, 5.74) is 2.86. The van der Waals surface area contributed by atoms with Crippen LogP contribution in [-0.4, -0.2) is 104 Å². The van der Waals surface area contributed by atoms with Crippen LogP contribution in [0.2, 0.25) is 0 Å². The second kappa shape index (κ2) is 10.7. The Morgan fingerprint density at radius 1 is 1.06 bits per heavy atom. The quantitative estimate of drug-likeness (QED) is 0.620. The largest absolute Gasteiger partial charge is 0.367 e. The van der Waals surface area contributed by atoms with Gasteiger partial charge in [-0.2, -0.15) is 0 Å². The van der Waals surface area contributed by atoms with E-state index in [1.165, 1.54) is 11.3 Å². The van der Waals surface area contributed by atoms with E-state index in [2.05, 4.69) is 67.5 Å². The highest BCUT2D eigenvalue weighted by atomic mass is 32.1.